The monoisotopic (exact) mass is 570 g/mol. The molecule has 208 valence electrons. The van der Waals surface area contributed by atoms with Gasteiger partial charge in [0, 0.05) is 27.2 Å². The summed E-state index contributed by atoms with van der Waals surface area (Å²) in [4.78, 5) is 0. The molecular weight excluding hydrogens is 544 g/mol. The van der Waals surface area contributed by atoms with Gasteiger partial charge < -0.3 is 9.13 Å². The van der Waals surface area contributed by atoms with Gasteiger partial charge in [0.05, 0.1) is 33.2 Å². The summed E-state index contributed by atoms with van der Waals surface area (Å²) in [5, 5.41) is 5.18. The Morgan fingerprint density at radius 2 is 0.889 bits per heavy atom. The van der Waals surface area contributed by atoms with Crippen molar-refractivity contribution < 1.29 is 0 Å². The molecule has 11 rings (SSSR count). The van der Waals surface area contributed by atoms with E-state index in [-0.39, 0.29) is 0 Å². The van der Waals surface area contributed by atoms with Gasteiger partial charge in [0.15, 0.2) is 0 Å². The van der Waals surface area contributed by atoms with Gasteiger partial charge >= 0.3 is 0 Å². The fourth-order valence-electron chi connectivity index (χ4n) is 8.89. The first kappa shape index (κ1) is 23.6. The fraction of sp³-hybridized carbons (Fsp3) is 0.0233. The molecule has 3 heterocycles. The maximum absolute atomic E-state index is 2.51. The molecule has 2 aromatic heterocycles. The van der Waals surface area contributed by atoms with Crippen LogP contribution in [-0.2, 0) is 5.41 Å². The van der Waals surface area contributed by atoms with Crippen molar-refractivity contribution in [3.63, 3.8) is 0 Å². The average molecular weight is 571 g/mol. The van der Waals surface area contributed by atoms with E-state index in [2.05, 4.69) is 167 Å². The summed E-state index contributed by atoms with van der Waals surface area (Å²) < 4.78 is 4.94. The van der Waals surface area contributed by atoms with Crippen LogP contribution in [0.2, 0.25) is 0 Å². The summed E-state index contributed by atoms with van der Waals surface area (Å²) in [5.74, 6) is 0. The molecule has 45 heavy (non-hydrogen) atoms. The lowest BCUT2D eigenvalue weighted by atomic mass is 9.65. The zero-order chi connectivity index (χ0) is 29.3. The largest absolute Gasteiger partial charge is 0.309 e. The zero-order valence-electron chi connectivity index (χ0n) is 24.4. The predicted molar refractivity (Wildman–Crippen MR) is 186 cm³/mol. The smallest absolute Gasteiger partial charge is 0.0754 e. The molecule has 2 aliphatic rings. The Kier molecular flexibility index (Phi) is 4.29. The van der Waals surface area contributed by atoms with Gasteiger partial charge in [-0.05, 0) is 69.8 Å². The molecule has 0 saturated heterocycles. The third-order valence-electron chi connectivity index (χ3n) is 10.5. The third kappa shape index (κ3) is 2.69. The van der Waals surface area contributed by atoms with Crippen LogP contribution in [0.5, 0.6) is 0 Å². The molecule has 1 unspecified atom stereocenters. The van der Waals surface area contributed by atoms with Crippen LogP contribution in [0.25, 0.3) is 66.1 Å². The molecule has 2 heteroatoms. The normalized spacial score (nSPS) is 16.1. The summed E-state index contributed by atoms with van der Waals surface area (Å²) in [6, 6.07) is 58.7. The van der Waals surface area contributed by atoms with Crippen molar-refractivity contribution in [1.82, 2.24) is 9.13 Å². The molecule has 0 fully saturated rings. The number of nitrogens with zero attached hydrogens (tertiary/aromatic N) is 2. The van der Waals surface area contributed by atoms with Gasteiger partial charge in [-0.1, -0.05) is 121 Å². The molecule has 1 spiro atoms. The third-order valence-corrected chi connectivity index (χ3v) is 10.5. The van der Waals surface area contributed by atoms with Crippen LogP contribution in [0, 0.1) is 0 Å². The van der Waals surface area contributed by atoms with Gasteiger partial charge in [-0.15, -0.1) is 0 Å². The summed E-state index contributed by atoms with van der Waals surface area (Å²) in [6.45, 7) is 0. The topological polar surface area (TPSA) is 9.86 Å². The Labute approximate surface area is 260 Å². The highest BCUT2D eigenvalue weighted by Gasteiger charge is 2.50. The van der Waals surface area contributed by atoms with E-state index in [0.29, 0.717) is 0 Å². The van der Waals surface area contributed by atoms with Crippen LogP contribution in [0.1, 0.15) is 22.3 Å². The SMILES string of the molecule is c1ccc2c(c1)-c1cc(-n3c4ccccc4c4ccccc43)ccc1C21c2ccccc2-n2c3ccccc3c3cccc1c32. The summed E-state index contributed by atoms with van der Waals surface area (Å²) in [7, 11) is 0. The number of benzene rings is 7. The number of hydrogen-bond acceptors (Lipinski definition) is 0. The van der Waals surface area contributed by atoms with E-state index in [4.69, 9.17) is 0 Å². The van der Waals surface area contributed by atoms with Crippen LogP contribution in [0.15, 0.2) is 158 Å². The predicted octanol–water partition coefficient (Wildman–Crippen LogP) is 10.6. The standard InChI is InChI=1S/C43H26N2/c1-5-17-34-28(12-1)33-26-27(44-38-20-7-2-13-29(38)30-14-3-8-21-39(30)44)24-25-35(33)43(34)36-18-6-10-23-41(36)45-40-22-9-4-15-31(40)32-16-11-19-37(43)42(32)45/h1-26H. The molecule has 0 bridgehead atoms. The van der Waals surface area contributed by atoms with Crippen molar-refractivity contribution in [1.29, 1.82) is 0 Å². The lowest BCUT2D eigenvalue weighted by Gasteiger charge is -2.39. The minimum Gasteiger partial charge on any atom is -0.309 e. The minimum atomic E-state index is -0.425. The van der Waals surface area contributed by atoms with Gasteiger partial charge in [-0.25, -0.2) is 0 Å². The second-order valence-corrected chi connectivity index (χ2v) is 12.5. The molecule has 0 amide bonds. The quantitative estimate of drug-likeness (QED) is 0.186. The molecule has 1 atom stereocenters. The van der Waals surface area contributed by atoms with Crippen LogP contribution in [-0.4, -0.2) is 9.13 Å². The van der Waals surface area contributed by atoms with Crippen LogP contribution < -0.4 is 0 Å². The van der Waals surface area contributed by atoms with E-state index in [1.165, 1.54) is 88.4 Å². The molecule has 0 radical (unpaired) electrons. The van der Waals surface area contributed by atoms with Crippen molar-refractivity contribution in [3.05, 3.63) is 180 Å². The Bertz CT molecular complexity index is 2670. The Balaban J connectivity index is 1.29. The van der Waals surface area contributed by atoms with E-state index in [0.717, 1.165) is 0 Å². The maximum Gasteiger partial charge on any atom is 0.0754 e. The van der Waals surface area contributed by atoms with Crippen molar-refractivity contribution in [2.75, 3.05) is 0 Å². The highest BCUT2D eigenvalue weighted by molar-refractivity contribution is 6.13. The molecule has 1 aliphatic heterocycles. The van der Waals surface area contributed by atoms with Crippen molar-refractivity contribution in [3.8, 4) is 22.5 Å². The van der Waals surface area contributed by atoms with E-state index in [9.17, 15) is 0 Å². The number of para-hydroxylation sites is 5. The fourth-order valence-corrected chi connectivity index (χ4v) is 8.89. The zero-order valence-corrected chi connectivity index (χ0v) is 24.4. The highest BCUT2D eigenvalue weighted by Crippen LogP contribution is 2.61. The van der Waals surface area contributed by atoms with E-state index < -0.39 is 5.41 Å². The van der Waals surface area contributed by atoms with Gasteiger partial charge in [0.25, 0.3) is 0 Å². The second kappa shape index (κ2) is 8.19. The Hall–Kier alpha value is -5.86. The molecule has 0 saturated carbocycles. The first-order valence-corrected chi connectivity index (χ1v) is 15.7. The average Bonchev–Trinajstić information content (AvgIpc) is 3.73. The minimum absolute atomic E-state index is 0.425. The summed E-state index contributed by atoms with van der Waals surface area (Å²) in [5.41, 5.74) is 15.1. The first-order valence-electron chi connectivity index (χ1n) is 15.7. The van der Waals surface area contributed by atoms with Crippen LogP contribution in [0.4, 0.5) is 0 Å². The number of hydrogen-bond donors (Lipinski definition) is 0. The van der Waals surface area contributed by atoms with Crippen LogP contribution >= 0.6 is 0 Å². The molecular formula is C43H26N2. The molecule has 9 aromatic rings. The van der Waals surface area contributed by atoms with Gasteiger partial charge in [0.2, 0.25) is 0 Å². The Morgan fingerprint density at radius 1 is 0.356 bits per heavy atom. The molecule has 7 aromatic carbocycles. The lowest BCUT2D eigenvalue weighted by molar-refractivity contribution is 0.748. The number of rotatable bonds is 1. The number of fused-ring (bicyclic) bond motifs is 15. The second-order valence-electron chi connectivity index (χ2n) is 12.5. The Morgan fingerprint density at radius 3 is 1.64 bits per heavy atom. The van der Waals surface area contributed by atoms with Crippen molar-refractivity contribution >= 4 is 43.6 Å². The molecule has 2 nitrogen and oxygen atoms in total. The lowest BCUT2D eigenvalue weighted by Crippen LogP contribution is -2.33. The van der Waals surface area contributed by atoms with Crippen molar-refractivity contribution in [2.45, 2.75) is 5.41 Å². The number of aromatic nitrogens is 2. The maximum atomic E-state index is 2.51. The van der Waals surface area contributed by atoms with E-state index in [1.54, 1.807) is 0 Å². The van der Waals surface area contributed by atoms with Crippen LogP contribution in [0.3, 0.4) is 0 Å². The molecule has 1 aliphatic carbocycles. The summed E-state index contributed by atoms with van der Waals surface area (Å²) >= 11 is 0. The summed E-state index contributed by atoms with van der Waals surface area (Å²) in [6.07, 6.45) is 0. The van der Waals surface area contributed by atoms with E-state index in [1.807, 2.05) is 0 Å². The first-order chi connectivity index (χ1) is 22.4. The van der Waals surface area contributed by atoms with Crippen molar-refractivity contribution in [2.24, 2.45) is 0 Å². The van der Waals surface area contributed by atoms with Gasteiger partial charge in [0.1, 0.15) is 0 Å². The van der Waals surface area contributed by atoms with E-state index >= 15 is 0 Å². The van der Waals surface area contributed by atoms with Gasteiger partial charge in [-0.2, -0.15) is 0 Å². The molecule has 0 N–H and O–H groups in total. The van der Waals surface area contributed by atoms with Gasteiger partial charge in [-0.3, -0.25) is 0 Å². The highest BCUT2D eigenvalue weighted by atomic mass is 15.0.